The monoisotopic (exact) mass is 450 g/mol. The summed E-state index contributed by atoms with van der Waals surface area (Å²) < 4.78 is 6.37. The number of ether oxygens (including phenoxy) is 1. The second kappa shape index (κ2) is 8.78. The number of aryl methyl sites for hydroxylation is 1. The van der Waals surface area contributed by atoms with Crippen molar-refractivity contribution in [2.24, 2.45) is 0 Å². The molecule has 5 heteroatoms. The molecular weight excluding hydrogens is 427 g/mol. The van der Waals surface area contributed by atoms with Gasteiger partial charge in [-0.15, -0.1) is 0 Å². The predicted molar refractivity (Wildman–Crippen MR) is 109 cm³/mol. The molecule has 0 atom stereocenters. The fourth-order valence-corrected chi connectivity index (χ4v) is 3.49. The highest BCUT2D eigenvalue weighted by molar-refractivity contribution is 14.1. The average molecular weight is 450 g/mol. The van der Waals surface area contributed by atoms with E-state index in [4.69, 9.17) is 4.74 Å². The minimum Gasteiger partial charge on any atom is -0.379 e. The van der Waals surface area contributed by atoms with Gasteiger partial charge in [0.15, 0.2) is 0 Å². The molecular formula is C20H23IN2O2. The molecule has 0 aromatic heterocycles. The van der Waals surface area contributed by atoms with Gasteiger partial charge in [-0.2, -0.15) is 0 Å². The Morgan fingerprint density at radius 1 is 1.16 bits per heavy atom. The van der Waals surface area contributed by atoms with E-state index in [-0.39, 0.29) is 5.91 Å². The van der Waals surface area contributed by atoms with Crippen molar-refractivity contribution >= 4 is 34.2 Å². The zero-order valence-electron chi connectivity index (χ0n) is 14.4. The molecule has 2 aromatic carbocycles. The second-order valence-electron chi connectivity index (χ2n) is 6.29. The topological polar surface area (TPSA) is 41.6 Å². The molecule has 0 bridgehead atoms. The molecule has 1 saturated heterocycles. The maximum absolute atomic E-state index is 12.5. The van der Waals surface area contributed by atoms with Crippen molar-refractivity contribution in [3.63, 3.8) is 0 Å². The first-order valence-electron chi connectivity index (χ1n) is 8.59. The lowest BCUT2D eigenvalue weighted by Crippen LogP contribution is -2.37. The summed E-state index contributed by atoms with van der Waals surface area (Å²) in [5.74, 6) is -0.0610. The predicted octanol–water partition coefficient (Wildman–Crippen LogP) is 3.73. The number of anilines is 1. The molecule has 1 heterocycles. The smallest absolute Gasteiger partial charge is 0.256 e. The van der Waals surface area contributed by atoms with Crippen molar-refractivity contribution in [3.8, 4) is 0 Å². The van der Waals surface area contributed by atoms with Gasteiger partial charge in [0.1, 0.15) is 0 Å². The largest absolute Gasteiger partial charge is 0.379 e. The molecule has 1 N–H and O–H groups in total. The van der Waals surface area contributed by atoms with Crippen molar-refractivity contribution < 1.29 is 9.53 Å². The van der Waals surface area contributed by atoms with E-state index >= 15 is 0 Å². The van der Waals surface area contributed by atoms with E-state index in [2.05, 4.69) is 44.9 Å². The minimum absolute atomic E-state index is 0.0610. The second-order valence-corrected chi connectivity index (χ2v) is 7.37. The number of nitrogens with zero attached hydrogens (tertiary/aromatic N) is 1. The third kappa shape index (κ3) is 5.03. The molecule has 0 unspecified atom stereocenters. The standard InChI is InChI=1S/C20H23IN2O2/c1-15-3-2-4-18(19(15)21)20(24)22-17-7-5-16(6-8-17)9-10-23-11-13-25-14-12-23/h2-8H,9-14H2,1H3,(H,22,24). The first kappa shape index (κ1) is 18.4. The molecule has 0 saturated carbocycles. The van der Waals surface area contributed by atoms with E-state index < -0.39 is 0 Å². The van der Waals surface area contributed by atoms with Gasteiger partial charge >= 0.3 is 0 Å². The molecule has 0 aliphatic carbocycles. The van der Waals surface area contributed by atoms with E-state index in [1.807, 2.05) is 37.3 Å². The number of halogens is 1. The quantitative estimate of drug-likeness (QED) is 0.707. The van der Waals surface area contributed by atoms with Crippen LogP contribution in [0.5, 0.6) is 0 Å². The van der Waals surface area contributed by atoms with Crippen molar-refractivity contribution in [3.05, 3.63) is 62.7 Å². The van der Waals surface area contributed by atoms with Crippen molar-refractivity contribution in [1.82, 2.24) is 4.90 Å². The zero-order chi connectivity index (χ0) is 17.6. The van der Waals surface area contributed by atoms with Crippen LogP contribution in [-0.4, -0.2) is 43.7 Å². The molecule has 1 aliphatic rings. The van der Waals surface area contributed by atoms with Crippen LogP contribution < -0.4 is 5.32 Å². The van der Waals surface area contributed by atoms with Crippen LogP contribution in [0.15, 0.2) is 42.5 Å². The summed E-state index contributed by atoms with van der Waals surface area (Å²) in [6.07, 6.45) is 1.02. The molecule has 0 radical (unpaired) electrons. The maximum Gasteiger partial charge on any atom is 0.256 e. The Bertz CT molecular complexity index is 725. The summed E-state index contributed by atoms with van der Waals surface area (Å²) in [5.41, 5.74) is 3.95. The van der Waals surface area contributed by atoms with E-state index in [0.717, 1.165) is 59.7 Å². The lowest BCUT2D eigenvalue weighted by atomic mass is 10.1. The maximum atomic E-state index is 12.5. The Morgan fingerprint density at radius 3 is 2.60 bits per heavy atom. The van der Waals surface area contributed by atoms with Crippen LogP contribution in [0.4, 0.5) is 5.69 Å². The average Bonchev–Trinajstić information content (AvgIpc) is 2.64. The minimum atomic E-state index is -0.0610. The molecule has 3 rings (SSSR count). The number of carbonyl (C=O) groups excluding carboxylic acids is 1. The highest BCUT2D eigenvalue weighted by Gasteiger charge is 2.12. The van der Waals surface area contributed by atoms with Crippen molar-refractivity contribution in [2.75, 3.05) is 38.2 Å². The summed E-state index contributed by atoms with van der Waals surface area (Å²) >= 11 is 2.23. The third-order valence-corrected chi connectivity index (χ3v) is 5.90. The first-order valence-corrected chi connectivity index (χ1v) is 9.67. The van der Waals surface area contributed by atoms with Crippen LogP contribution in [0.3, 0.4) is 0 Å². The van der Waals surface area contributed by atoms with Crippen molar-refractivity contribution in [1.29, 1.82) is 0 Å². The van der Waals surface area contributed by atoms with Crippen LogP contribution in [-0.2, 0) is 11.2 Å². The lowest BCUT2D eigenvalue weighted by molar-refractivity contribution is 0.0384. The molecule has 25 heavy (non-hydrogen) atoms. The Hall–Kier alpha value is -1.44. The Labute approximate surface area is 162 Å². The SMILES string of the molecule is Cc1cccc(C(=O)Nc2ccc(CCN3CCOCC3)cc2)c1I. The van der Waals surface area contributed by atoms with Gasteiger partial charge in [-0.1, -0.05) is 24.3 Å². The van der Waals surface area contributed by atoms with Crippen LogP contribution in [0.2, 0.25) is 0 Å². The van der Waals surface area contributed by atoms with E-state index in [9.17, 15) is 4.79 Å². The molecule has 4 nitrogen and oxygen atoms in total. The first-order chi connectivity index (χ1) is 12.1. The summed E-state index contributed by atoms with van der Waals surface area (Å²) in [6.45, 7) is 6.77. The molecule has 2 aromatic rings. The van der Waals surface area contributed by atoms with Crippen molar-refractivity contribution in [2.45, 2.75) is 13.3 Å². The van der Waals surface area contributed by atoms with Gasteiger partial charge in [0.05, 0.1) is 18.8 Å². The molecule has 1 fully saturated rings. The van der Waals surface area contributed by atoms with Crippen LogP contribution in [0.1, 0.15) is 21.5 Å². The number of morpholine rings is 1. The fraction of sp³-hybridized carbons (Fsp3) is 0.350. The fourth-order valence-electron chi connectivity index (χ4n) is 2.89. The molecule has 132 valence electrons. The number of amides is 1. The number of hydrogen-bond donors (Lipinski definition) is 1. The highest BCUT2D eigenvalue weighted by atomic mass is 127. The highest BCUT2D eigenvalue weighted by Crippen LogP contribution is 2.19. The number of nitrogens with one attached hydrogen (secondary N) is 1. The molecule has 1 amide bonds. The molecule has 0 spiro atoms. The van der Waals surface area contributed by atoms with Gasteiger partial charge in [-0.3, -0.25) is 9.69 Å². The zero-order valence-corrected chi connectivity index (χ0v) is 16.6. The van der Waals surface area contributed by atoms with Gasteiger partial charge in [0.25, 0.3) is 5.91 Å². The van der Waals surface area contributed by atoms with Gasteiger partial charge in [-0.25, -0.2) is 0 Å². The summed E-state index contributed by atoms with van der Waals surface area (Å²) in [7, 11) is 0. The van der Waals surface area contributed by atoms with Crippen LogP contribution >= 0.6 is 22.6 Å². The normalized spacial score (nSPS) is 15.1. The summed E-state index contributed by atoms with van der Waals surface area (Å²) in [6, 6.07) is 13.9. The number of benzene rings is 2. The van der Waals surface area contributed by atoms with E-state index in [1.54, 1.807) is 0 Å². The number of hydrogen-bond acceptors (Lipinski definition) is 3. The molecule has 1 aliphatic heterocycles. The lowest BCUT2D eigenvalue weighted by Gasteiger charge is -2.26. The summed E-state index contributed by atoms with van der Waals surface area (Å²) in [5, 5.41) is 2.99. The Kier molecular flexibility index (Phi) is 6.45. The summed E-state index contributed by atoms with van der Waals surface area (Å²) in [4.78, 5) is 14.9. The third-order valence-electron chi connectivity index (χ3n) is 4.47. The van der Waals surface area contributed by atoms with Gasteiger partial charge in [0.2, 0.25) is 0 Å². The van der Waals surface area contributed by atoms with E-state index in [1.165, 1.54) is 5.56 Å². The van der Waals surface area contributed by atoms with Crippen LogP contribution in [0.25, 0.3) is 0 Å². The number of rotatable bonds is 5. The Morgan fingerprint density at radius 2 is 1.88 bits per heavy atom. The Balaban J connectivity index is 1.56. The van der Waals surface area contributed by atoms with E-state index in [0.29, 0.717) is 0 Å². The van der Waals surface area contributed by atoms with Crippen LogP contribution in [0, 0.1) is 10.5 Å². The number of carbonyl (C=O) groups is 1. The van der Waals surface area contributed by atoms with Gasteiger partial charge in [-0.05, 0) is 65.3 Å². The van der Waals surface area contributed by atoms with Gasteiger partial charge in [0, 0.05) is 28.9 Å². The van der Waals surface area contributed by atoms with Gasteiger partial charge < -0.3 is 10.1 Å².